The standard InChI is InChI=1S/C22H31N3O2/c1-21(12-14-25(15-13-21)16-17-6-3-2-4-7-17)20(27)23-18-8-9-19(26)24-22(18)10-5-11-22/h2-4,6-7,18H,5,8-16H2,1H3,(H,23,27)(H,24,26). The summed E-state index contributed by atoms with van der Waals surface area (Å²) in [5.41, 5.74) is 0.852. The fourth-order valence-electron chi connectivity index (χ4n) is 4.83. The van der Waals surface area contributed by atoms with Crippen LogP contribution in [0.1, 0.15) is 57.4 Å². The Hall–Kier alpha value is -1.88. The summed E-state index contributed by atoms with van der Waals surface area (Å²) in [6.45, 7) is 4.96. The van der Waals surface area contributed by atoms with Crippen molar-refractivity contribution in [1.29, 1.82) is 0 Å². The number of rotatable bonds is 4. The Morgan fingerprint density at radius 2 is 1.89 bits per heavy atom. The molecule has 2 heterocycles. The smallest absolute Gasteiger partial charge is 0.226 e. The Morgan fingerprint density at radius 3 is 2.52 bits per heavy atom. The average Bonchev–Trinajstić information content (AvgIpc) is 2.64. The first kappa shape index (κ1) is 18.5. The Morgan fingerprint density at radius 1 is 1.19 bits per heavy atom. The van der Waals surface area contributed by atoms with E-state index in [-0.39, 0.29) is 28.8 Å². The summed E-state index contributed by atoms with van der Waals surface area (Å²) in [7, 11) is 0. The van der Waals surface area contributed by atoms with E-state index in [1.165, 1.54) is 5.56 Å². The van der Waals surface area contributed by atoms with E-state index in [2.05, 4.69) is 46.7 Å². The normalized spacial score (nSPS) is 26.9. The maximum absolute atomic E-state index is 13.1. The van der Waals surface area contributed by atoms with Crippen LogP contribution in [0.5, 0.6) is 0 Å². The van der Waals surface area contributed by atoms with Crippen LogP contribution in [0.3, 0.4) is 0 Å². The minimum absolute atomic E-state index is 0.0932. The second kappa shape index (κ2) is 7.27. The van der Waals surface area contributed by atoms with Gasteiger partial charge in [0.2, 0.25) is 11.8 Å². The van der Waals surface area contributed by atoms with Crippen LogP contribution in [-0.4, -0.2) is 41.4 Å². The van der Waals surface area contributed by atoms with Gasteiger partial charge in [0.15, 0.2) is 0 Å². The molecular formula is C22H31N3O2. The van der Waals surface area contributed by atoms with Gasteiger partial charge in [0.1, 0.15) is 0 Å². The number of benzene rings is 1. The quantitative estimate of drug-likeness (QED) is 0.858. The van der Waals surface area contributed by atoms with Gasteiger partial charge in [-0.1, -0.05) is 37.3 Å². The van der Waals surface area contributed by atoms with E-state index in [1.54, 1.807) is 0 Å². The topological polar surface area (TPSA) is 61.4 Å². The second-order valence-corrected chi connectivity index (χ2v) is 8.94. The van der Waals surface area contributed by atoms with Crippen molar-refractivity contribution in [2.24, 2.45) is 5.41 Å². The minimum atomic E-state index is -0.306. The van der Waals surface area contributed by atoms with Gasteiger partial charge in [0.25, 0.3) is 0 Å². The largest absolute Gasteiger partial charge is 0.351 e. The van der Waals surface area contributed by atoms with E-state index in [4.69, 9.17) is 0 Å². The van der Waals surface area contributed by atoms with Gasteiger partial charge in [-0.25, -0.2) is 0 Å². The highest BCUT2D eigenvalue weighted by atomic mass is 16.2. The molecule has 1 saturated carbocycles. The molecule has 2 N–H and O–H groups in total. The highest BCUT2D eigenvalue weighted by molar-refractivity contribution is 5.84. The summed E-state index contributed by atoms with van der Waals surface area (Å²) in [6.07, 6.45) is 6.19. The Balaban J connectivity index is 1.33. The lowest BCUT2D eigenvalue weighted by molar-refractivity contribution is -0.138. The van der Waals surface area contributed by atoms with Gasteiger partial charge in [0, 0.05) is 18.4 Å². The number of likely N-dealkylation sites (tertiary alicyclic amines) is 1. The van der Waals surface area contributed by atoms with E-state index in [0.29, 0.717) is 6.42 Å². The van der Waals surface area contributed by atoms with Gasteiger partial charge in [-0.15, -0.1) is 0 Å². The molecule has 0 aromatic heterocycles. The van der Waals surface area contributed by atoms with Crippen molar-refractivity contribution in [3.63, 3.8) is 0 Å². The van der Waals surface area contributed by atoms with Crippen LogP contribution in [0.4, 0.5) is 0 Å². The summed E-state index contributed by atoms with van der Waals surface area (Å²) in [5, 5.41) is 6.51. The van der Waals surface area contributed by atoms with E-state index < -0.39 is 0 Å². The maximum Gasteiger partial charge on any atom is 0.226 e. The Kier molecular flexibility index (Phi) is 4.97. The lowest BCUT2D eigenvalue weighted by Crippen LogP contribution is -2.69. The van der Waals surface area contributed by atoms with Crippen molar-refractivity contribution in [1.82, 2.24) is 15.5 Å². The molecule has 2 aliphatic heterocycles. The van der Waals surface area contributed by atoms with Crippen molar-refractivity contribution in [3.8, 4) is 0 Å². The van der Waals surface area contributed by atoms with Crippen LogP contribution >= 0.6 is 0 Å². The van der Waals surface area contributed by atoms with Crippen LogP contribution in [0.15, 0.2) is 30.3 Å². The van der Waals surface area contributed by atoms with Gasteiger partial charge in [-0.2, -0.15) is 0 Å². The van der Waals surface area contributed by atoms with E-state index >= 15 is 0 Å². The molecule has 1 aromatic rings. The zero-order chi connectivity index (χ0) is 18.9. The molecular weight excluding hydrogens is 338 g/mol. The number of piperidine rings is 2. The van der Waals surface area contributed by atoms with Gasteiger partial charge in [0.05, 0.1) is 11.6 Å². The first-order valence-corrected chi connectivity index (χ1v) is 10.4. The second-order valence-electron chi connectivity index (χ2n) is 8.94. The van der Waals surface area contributed by atoms with Crippen molar-refractivity contribution >= 4 is 11.8 Å². The lowest BCUT2D eigenvalue weighted by Gasteiger charge is -2.51. The molecule has 3 aliphatic rings. The van der Waals surface area contributed by atoms with E-state index in [1.807, 2.05) is 6.07 Å². The highest BCUT2D eigenvalue weighted by Gasteiger charge is 2.49. The fraction of sp³-hybridized carbons (Fsp3) is 0.636. The van der Waals surface area contributed by atoms with Crippen LogP contribution in [0.25, 0.3) is 0 Å². The number of nitrogens with zero attached hydrogens (tertiary/aromatic N) is 1. The van der Waals surface area contributed by atoms with Gasteiger partial charge < -0.3 is 10.6 Å². The van der Waals surface area contributed by atoms with E-state index in [9.17, 15) is 9.59 Å². The van der Waals surface area contributed by atoms with Crippen LogP contribution in [0.2, 0.25) is 0 Å². The molecule has 1 aliphatic carbocycles. The molecule has 27 heavy (non-hydrogen) atoms. The summed E-state index contributed by atoms with van der Waals surface area (Å²) in [4.78, 5) is 27.4. The Bertz CT molecular complexity index is 691. The maximum atomic E-state index is 13.1. The van der Waals surface area contributed by atoms with Crippen LogP contribution in [0, 0.1) is 5.41 Å². The first-order valence-electron chi connectivity index (χ1n) is 10.4. The third kappa shape index (κ3) is 3.75. The molecule has 0 bridgehead atoms. The van der Waals surface area contributed by atoms with Crippen molar-refractivity contribution in [2.75, 3.05) is 13.1 Å². The minimum Gasteiger partial charge on any atom is -0.351 e. The third-order valence-electron chi connectivity index (χ3n) is 7.02. The molecule has 2 saturated heterocycles. The molecule has 1 spiro atoms. The van der Waals surface area contributed by atoms with Crippen LogP contribution in [-0.2, 0) is 16.1 Å². The molecule has 4 rings (SSSR count). The first-order chi connectivity index (χ1) is 13.0. The third-order valence-corrected chi connectivity index (χ3v) is 7.02. The molecule has 2 amide bonds. The van der Waals surface area contributed by atoms with Crippen LogP contribution < -0.4 is 10.6 Å². The van der Waals surface area contributed by atoms with Gasteiger partial charge in [-0.3, -0.25) is 14.5 Å². The zero-order valence-electron chi connectivity index (χ0n) is 16.3. The molecule has 1 atom stereocenters. The molecule has 3 fully saturated rings. The van der Waals surface area contributed by atoms with E-state index in [0.717, 1.165) is 58.2 Å². The number of amides is 2. The molecule has 1 unspecified atom stereocenters. The average molecular weight is 370 g/mol. The van der Waals surface area contributed by atoms with Crippen molar-refractivity contribution in [2.45, 2.75) is 70.0 Å². The number of carbonyl (C=O) groups is 2. The predicted octanol–water partition coefficient (Wildman–Crippen LogP) is 2.61. The SMILES string of the molecule is CC1(C(=O)NC2CCC(=O)NC23CCC3)CCN(Cc2ccccc2)CC1. The fourth-order valence-corrected chi connectivity index (χ4v) is 4.83. The summed E-state index contributed by atoms with van der Waals surface area (Å²) >= 11 is 0. The predicted molar refractivity (Wildman–Crippen MR) is 105 cm³/mol. The summed E-state index contributed by atoms with van der Waals surface area (Å²) < 4.78 is 0. The monoisotopic (exact) mass is 369 g/mol. The zero-order valence-corrected chi connectivity index (χ0v) is 16.3. The van der Waals surface area contributed by atoms with Crippen molar-refractivity contribution in [3.05, 3.63) is 35.9 Å². The van der Waals surface area contributed by atoms with Crippen molar-refractivity contribution < 1.29 is 9.59 Å². The molecule has 1 aromatic carbocycles. The van der Waals surface area contributed by atoms with Gasteiger partial charge in [-0.05, 0) is 57.2 Å². The lowest BCUT2D eigenvalue weighted by atomic mass is 9.67. The number of nitrogens with one attached hydrogen (secondary N) is 2. The number of hydrogen-bond donors (Lipinski definition) is 2. The summed E-state index contributed by atoms with van der Waals surface area (Å²) in [5.74, 6) is 0.315. The summed E-state index contributed by atoms with van der Waals surface area (Å²) in [6, 6.07) is 10.6. The number of hydrogen-bond acceptors (Lipinski definition) is 3. The van der Waals surface area contributed by atoms with Gasteiger partial charge >= 0.3 is 0 Å². The number of carbonyl (C=O) groups excluding carboxylic acids is 2. The Labute approximate surface area is 161 Å². The molecule has 5 nitrogen and oxygen atoms in total. The molecule has 0 radical (unpaired) electrons. The molecule has 5 heteroatoms. The molecule has 146 valence electrons. The highest BCUT2D eigenvalue weighted by Crippen LogP contribution is 2.40.